The number of fused-ring (bicyclic) bond motifs is 2. The van der Waals surface area contributed by atoms with Crippen LogP contribution in [0.5, 0.6) is 40.2 Å². The first kappa shape index (κ1) is 23.4. The Bertz CT molecular complexity index is 1340. The molecule has 0 radical (unpaired) electrons. The first-order valence-corrected chi connectivity index (χ1v) is 10.9. The number of rotatable bonds is 4. The molecule has 2 heterocycles. The van der Waals surface area contributed by atoms with Gasteiger partial charge in [0.15, 0.2) is 41.3 Å². The highest BCUT2D eigenvalue weighted by Gasteiger charge is 2.40. The highest BCUT2D eigenvalue weighted by atomic mass is 16.6. The van der Waals surface area contributed by atoms with E-state index < -0.39 is 30.2 Å². The molecule has 3 aromatic rings. The van der Waals surface area contributed by atoms with Crippen LogP contribution in [0.1, 0.15) is 28.9 Å². The van der Waals surface area contributed by atoms with Crippen LogP contribution < -0.4 is 18.9 Å². The molecule has 36 heavy (non-hydrogen) atoms. The Kier molecular flexibility index (Phi) is 5.86. The number of phenolic OH excluding ortho intramolecular Hbond substituents is 3. The van der Waals surface area contributed by atoms with E-state index in [0.29, 0.717) is 16.9 Å². The topological polar surface area (TPSA) is 171 Å². The van der Waals surface area contributed by atoms with Gasteiger partial charge < -0.3 is 49.7 Å². The molecule has 0 aromatic heterocycles. The number of aliphatic hydroxyl groups excluding tert-OH is 2. The van der Waals surface area contributed by atoms with Crippen LogP contribution in [0.3, 0.4) is 0 Å². The van der Waals surface area contributed by atoms with E-state index in [9.17, 15) is 30.7 Å². The van der Waals surface area contributed by atoms with E-state index in [-0.39, 0.29) is 46.6 Å². The molecular formula is C25H23NO10. The Balaban J connectivity index is 1.51. The largest absolute Gasteiger partial charge is 0.508 e. The van der Waals surface area contributed by atoms with Crippen molar-refractivity contribution in [3.05, 3.63) is 65.2 Å². The van der Waals surface area contributed by atoms with Crippen LogP contribution in [0.15, 0.2) is 53.7 Å². The number of methoxy groups -OCH3 is 1. The van der Waals surface area contributed by atoms with Crippen LogP contribution in [-0.2, 0) is 0 Å². The predicted octanol–water partition coefficient (Wildman–Crippen LogP) is 2.36. The second-order valence-corrected chi connectivity index (χ2v) is 8.32. The summed E-state index contributed by atoms with van der Waals surface area (Å²) in [5, 5.41) is 63.5. The van der Waals surface area contributed by atoms with Gasteiger partial charge in [0.25, 0.3) is 0 Å². The van der Waals surface area contributed by atoms with Gasteiger partial charge in [-0.2, -0.15) is 0 Å². The number of phenols is 3. The molecule has 0 spiro atoms. The minimum Gasteiger partial charge on any atom is -0.508 e. The van der Waals surface area contributed by atoms with Gasteiger partial charge in [0.05, 0.1) is 19.3 Å². The molecule has 4 atom stereocenters. The van der Waals surface area contributed by atoms with E-state index in [4.69, 9.17) is 18.9 Å². The minimum atomic E-state index is -1.47. The zero-order chi connectivity index (χ0) is 25.6. The Morgan fingerprint density at radius 1 is 0.833 bits per heavy atom. The van der Waals surface area contributed by atoms with E-state index >= 15 is 0 Å². The number of aromatic hydroxyl groups is 3. The van der Waals surface area contributed by atoms with Crippen molar-refractivity contribution in [2.24, 2.45) is 5.16 Å². The molecule has 0 aliphatic carbocycles. The van der Waals surface area contributed by atoms with Gasteiger partial charge in [0.2, 0.25) is 0 Å². The van der Waals surface area contributed by atoms with Crippen molar-refractivity contribution in [2.45, 2.75) is 24.4 Å². The molecule has 2 aliphatic heterocycles. The molecule has 6 N–H and O–H groups in total. The number of ether oxygens (including phenoxy) is 4. The summed E-state index contributed by atoms with van der Waals surface area (Å²) in [6.45, 7) is -0.348. The van der Waals surface area contributed by atoms with Gasteiger partial charge in [-0.05, 0) is 29.8 Å². The fourth-order valence-corrected chi connectivity index (χ4v) is 4.40. The lowest BCUT2D eigenvalue weighted by atomic mass is 9.92. The zero-order valence-corrected chi connectivity index (χ0v) is 18.9. The quantitative estimate of drug-likeness (QED) is 0.232. The van der Waals surface area contributed by atoms with Crippen molar-refractivity contribution < 1.29 is 49.7 Å². The number of hydrogen-bond donors (Lipinski definition) is 6. The number of aliphatic hydroxyl groups is 2. The zero-order valence-electron chi connectivity index (χ0n) is 18.9. The van der Waals surface area contributed by atoms with Gasteiger partial charge in [-0.25, -0.2) is 0 Å². The number of nitrogens with zero attached hydrogens (tertiary/aromatic N) is 1. The fourth-order valence-electron chi connectivity index (χ4n) is 4.40. The molecule has 5 rings (SSSR count). The SMILES string of the molecule is COc1cc([C@H]2Oc3cc([C@H]4Oc5cc(O)cc(O)c5/C(=N/O)[C@@H]4O)ccc3O[C@@H]2CO)ccc1O. The van der Waals surface area contributed by atoms with Gasteiger partial charge in [0, 0.05) is 17.7 Å². The van der Waals surface area contributed by atoms with E-state index in [2.05, 4.69) is 5.16 Å². The monoisotopic (exact) mass is 497 g/mol. The molecule has 0 saturated heterocycles. The lowest BCUT2D eigenvalue weighted by Gasteiger charge is -2.35. The van der Waals surface area contributed by atoms with E-state index in [1.54, 1.807) is 30.3 Å². The normalized spacial score (nSPS) is 23.6. The van der Waals surface area contributed by atoms with Crippen molar-refractivity contribution in [3.63, 3.8) is 0 Å². The van der Waals surface area contributed by atoms with Gasteiger partial charge >= 0.3 is 0 Å². The van der Waals surface area contributed by atoms with Crippen LogP contribution in [-0.4, -0.2) is 62.4 Å². The van der Waals surface area contributed by atoms with Gasteiger partial charge in [-0.1, -0.05) is 17.3 Å². The van der Waals surface area contributed by atoms with Crippen LogP contribution in [0.4, 0.5) is 0 Å². The smallest absolute Gasteiger partial charge is 0.163 e. The summed E-state index contributed by atoms with van der Waals surface area (Å²) in [4.78, 5) is 0. The van der Waals surface area contributed by atoms with Crippen molar-refractivity contribution in [3.8, 4) is 40.2 Å². The maximum atomic E-state index is 10.9. The predicted molar refractivity (Wildman–Crippen MR) is 123 cm³/mol. The van der Waals surface area contributed by atoms with Gasteiger partial charge in [0.1, 0.15) is 29.1 Å². The molecule has 0 fully saturated rings. The van der Waals surface area contributed by atoms with E-state index in [0.717, 1.165) is 6.07 Å². The molecule has 11 nitrogen and oxygen atoms in total. The second kappa shape index (κ2) is 9.02. The minimum absolute atomic E-state index is 0.0138. The Labute approximate surface area is 204 Å². The van der Waals surface area contributed by atoms with Crippen molar-refractivity contribution in [1.82, 2.24) is 0 Å². The highest BCUT2D eigenvalue weighted by molar-refractivity contribution is 6.09. The maximum Gasteiger partial charge on any atom is 0.163 e. The third kappa shape index (κ3) is 3.84. The van der Waals surface area contributed by atoms with Crippen molar-refractivity contribution in [2.75, 3.05) is 13.7 Å². The summed E-state index contributed by atoms with van der Waals surface area (Å²) in [6.07, 6.45) is -4.06. The van der Waals surface area contributed by atoms with E-state index in [1.165, 1.54) is 19.2 Å². The molecule has 0 unspecified atom stereocenters. The number of hydrogen-bond acceptors (Lipinski definition) is 11. The van der Waals surface area contributed by atoms with Crippen molar-refractivity contribution >= 4 is 5.71 Å². The third-order valence-electron chi connectivity index (χ3n) is 6.13. The summed E-state index contributed by atoms with van der Waals surface area (Å²) >= 11 is 0. The Morgan fingerprint density at radius 3 is 2.28 bits per heavy atom. The molecule has 0 bridgehead atoms. The molecule has 11 heteroatoms. The summed E-state index contributed by atoms with van der Waals surface area (Å²) in [5.41, 5.74) is 0.735. The molecule has 188 valence electrons. The van der Waals surface area contributed by atoms with Crippen LogP contribution in [0, 0.1) is 0 Å². The number of oxime groups is 1. The van der Waals surface area contributed by atoms with E-state index in [1.807, 2.05) is 0 Å². The first-order valence-electron chi connectivity index (χ1n) is 10.9. The lowest BCUT2D eigenvalue weighted by molar-refractivity contribution is -0.0128. The summed E-state index contributed by atoms with van der Waals surface area (Å²) in [7, 11) is 1.42. The van der Waals surface area contributed by atoms with Crippen LogP contribution in [0.2, 0.25) is 0 Å². The van der Waals surface area contributed by atoms with Gasteiger partial charge in [-0.15, -0.1) is 0 Å². The van der Waals surface area contributed by atoms with Crippen LogP contribution >= 0.6 is 0 Å². The first-order chi connectivity index (χ1) is 17.3. The highest BCUT2D eigenvalue weighted by Crippen LogP contribution is 2.46. The average molecular weight is 497 g/mol. The average Bonchev–Trinajstić information content (AvgIpc) is 2.87. The molecule has 0 saturated carbocycles. The second-order valence-electron chi connectivity index (χ2n) is 8.32. The summed E-state index contributed by atoms with van der Waals surface area (Å²) in [5.74, 6) is 0.131. The standard InChI is InChI=1S/C25H23NO10/c1-33-17-6-11(2-4-14(17)29)24-20(10-27)34-16-5-3-12(7-18(16)35-24)25-23(31)22(26-32)21-15(30)8-13(28)9-19(21)36-25/h2-9,20,23-25,27-32H,10H2,1H3/b26-22-/t20-,23+,24-,25-/m1/s1. The lowest BCUT2D eigenvalue weighted by Crippen LogP contribution is -2.38. The fraction of sp³-hybridized carbons (Fsp3) is 0.240. The Hall–Kier alpha value is -4.35. The number of benzene rings is 3. The molecule has 3 aromatic carbocycles. The van der Waals surface area contributed by atoms with Crippen LogP contribution in [0.25, 0.3) is 0 Å². The summed E-state index contributed by atoms with van der Waals surface area (Å²) in [6, 6.07) is 11.7. The summed E-state index contributed by atoms with van der Waals surface area (Å²) < 4.78 is 23.1. The van der Waals surface area contributed by atoms with Crippen molar-refractivity contribution in [1.29, 1.82) is 0 Å². The van der Waals surface area contributed by atoms with Gasteiger partial charge in [-0.3, -0.25) is 0 Å². The maximum absolute atomic E-state index is 10.9. The third-order valence-corrected chi connectivity index (χ3v) is 6.13. The molecule has 2 aliphatic rings. The molecular weight excluding hydrogens is 474 g/mol. The molecule has 0 amide bonds. The Morgan fingerprint density at radius 2 is 1.56 bits per heavy atom.